The van der Waals surface area contributed by atoms with Gasteiger partial charge in [0.25, 0.3) is 0 Å². The summed E-state index contributed by atoms with van der Waals surface area (Å²) in [6, 6.07) is 138. The zero-order chi connectivity index (χ0) is 85.0. The van der Waals surface area contributed by atoms with Gasteiger partial charge in [0.1, 0.15) is 22.3 Å². The number of fused-ring (bicyclic) bond motifs is 15. The zero-order valence-electron chi connectivity index (χ0n) is 68.7. The summed E-state index contributed by atoms with van der Waals surface area (Å²) < 4.78 is 16.2. The number of furan rings is 2. The molecule has 0 saturated carbocycles. The normalized spacial score (nSPS) is 11.7. The SMILES string of the molecule is c1ccc(-c2nc(-c3ccccc3)nc(-c3ccc4c5ccc(-c6cc7c(cc6-c6cccc(-c8nc(-c9ccccc9)nc(-c9cccc%10oc%11ccc(-c%12cccc%13c%12sc%12c(-c%14nc(-c%15ccccc%15)nc(-c%15ccccc%15)n%14)cccc%12%13)cc%11c9%10)n8)c6)oc6cccc(-c8nc(-c9ccccc9)nc(-c9ccccc9)n8)c67)cc5c5ccccc5c4c3)n2)cc1. The van der Waals surface area contributed by atoms with Crippen LogP contribution in [0.5, 0.6) is 0 Å². The van der Waals surface area contributed by atoms with Crippen molar-refractivity contribution < 1.29 is 8.83 Å². The lowest BCUT2D eigenvalue weighted by Gasteiger charge is -2.16. The highest BCUT2D eigenvalue weighted by molar-refractivity contribution is 7.26. The van der Waals surface area contributed by atoms with Gasteiger partial charge in [-0.15, -0.1) is 11.3 Å². The average molecular weight is 1670 g/mol. The third kappa shape index (κ3) is 13.2. The number of aromatic nitrogens is 12. The van der Waals surface area contributed by atoms with Crippen LogP contribution in [0.15, 0.2) is 409 Å². The first-order chi connectivity index (χ1) is 63.9. The molecule has 0 aliphatic carbocycles. The fourth-order valence-corrected chi connectivity index (χ4v) is 19.5. The first kappa shape index (κ1) is 74.2. The molecule has 15 heteroatoms. The maximum atomic E-state index is 7.16. The Morgan fingerprint density at radius 3 is 0.860 bits per heavy atom. The molecule has 0 radical (unpaired) electrons. The summed E-state index contributed by atoms with van der Waals surface area (Å²) in [5, 5.41) is 12.4. The van der Waals surface area contributed by atoms with Gasteiger partial charge in [-0.1, -0.05) is 340 Å². The van der Waals surface area contributed by atoms with E-state index in [4.69, 9.17) is 68.6 Å². The van der Waals surface area contributed by atoms with Crippen molar-refractivity contribution in [3.8, 4) is 170 Å². The minimum atomic E-state index is 0.487. The molecule has 129 heavy (non-hydrogen) atoms. The van der Waals surface area contributed by atoms with Crippen LogP contribution in [-0.4, -0.2) is 59.8 Å². The van der Waals surface area contributed by atoms with Crippen LogP contribution < -0.4 is 0 Å². The van der Waals surface area contributed by atoms with Crippen LogP contribution in [0, 0.1) is 0 Å². The van der Waals surface area contributed by atoms with Gasteiger partial charge in [-0.2, -0.15) is 0 Å². The number of hydrogen-bond donors (Lipinski definition) is 0. The van der Waals surface area contributed by atoms with E-state index in [1.54, 1.807) is 11.3 Å². The predicted octanol–water partition coefficient (Wildman–Crippen LogP) is 29.1. The smallest absolute Gasteiger partial charge is 0.165 e. The van der Waals surface area contributed by atoms with Crippen LogP contribution in [0.3, 0.4) is 0 Å². The van der Waals surface area contributed by atoms with Gasteiger partial charge in [0.15, 0.2) is 69.9 Å². The molecule has 14 nitrogen and oxygen atoms in total. The summed E-state index contributed by atoms with van der Waals surface area (Å²) in [4.78, 5) is 62.9. The highest BCUT2D eigenvalue weighted by Gasteiger charge is 2.27. The fraction of sp³-hybridized carbons (Fsp3) is 0. The molecule has 7 aromatic heterocycles. The fourth-order valence-electron chi connectivity index (χ4n) is 18.2. The van der Waals surface area contributed by atoms with E-state index in [-0.39, 0.29) is 0 Å². The maximum absolute atomic E-state index is 7.16. The minimum absolute atomic E-state index is 0.487. The first-order valence-electron chi connectivity index (χ1n) is 42.7. The number of benzene rings is 18. The van der Waals surface area contributed by atoms with Gasteiger partial charge in [0.2, 0.25) is 0 Å². The van der Waals surface area contributed by atoms with Crippen LogP contribution in [-0.2, 0) is 0 Å². The van der Waals surface area contributed by atoms with Crippen LogP contribution >= 0.6 is 11.3 Å². The molecule has 0 aliphatic heterocycles. The van der Waals surface area contributed by atoms with Crippen molar-refractivity contribution in [2.24, 2.45) is 0 Å². The molecule has 0 bridgehead atoms. The van der Waals surface area contributed by atoms with E-state index >= 15 is 0 Å². The largest absolute Gasteiger partial charge is 0.456 e. The molecule has 0 fully saturated rings. The first-order valence-corrected chi connectivity index (χ1v) is 43.5. The van der Waals surface area contributed by atoms with Crippen molar-refractivity contribution >= 4 is 108 Å². The van der Waals surface area contributed by atoms with E-state index in [1.807, 2.05) is 237 Å². The molecule has 0 amide bonds. The Balaban J connectivity index is 0.646. The Kier molecular flexibility index (Phi) is 17.7. The van der Waals surface area contributed by atoms with E-state index in [9.17, 15) is 0 Å². The summed E-state index contributed by atoms with van der Waals surface area (Å²) in [5.74, 6) is 6.75. The van der Waals surface area contributed by atoms with Gasteiger partial charge in [-0.25, -0.2) is 59.8 Å². The molecule has 0 unspecified atom stereocenters. The molecule has 25 rings (SSSR count). The Bertz CT molecular complexity index is 8610. The van der Waals surface area contributed by atoms with E-state index in [2.05, 4.69) is 164 Å². The monoisotopic (exact) mass is 1670 g/mol. The highest BCUT2D eigenvalue weighted by Crippen LogP contribution is 2.49. The molecule has 600 valence electrons. The Morgan fingerprint density at radius 2 is 0.411 bits per heavy atom. The number of thiophene rings is 1. The molecule has 0 spiro atoms. The van der Waals surface area contributed by atoms with Gasteiger partial charge in [0.05, 0.1) is 0 Å². The lowest BCUT2D eigenvalue weighted by atomic mass is 9.88. The van der Waals surface area contributed by atoms with E-state index in [0.717, 1.165) is 180 Å². The summed E-state index contributed by atoms with van der Waals surface area (Å²) in [6.07, 6.45) is 0. The minimum Gasteiger partial charge on any atom is -0.456 e. The summed E-state index contributed by atoms with van der Waals surface area (Å²) >= 11 is 1.75. The predicted molar refractivity (Wildman–Crippen MR) is 521 cm³/mol. The topological polar surface area (TPSA) is 181 Å². The van der Waals surface area contributed by atoms with Gasteiger partial charge in [0, 0.05) is 108 Å². The molecule has 0 N–H and O–H groups in total. The van der Waals surface area contributed by atoms with Crippen molar-refractivity contribution in [3.05, 3.63) is 400 Å². The third-order valence-electron chi connectivity index (χ3n) is 24.3. The van der Waals surface area contributed by atoms with Gasteiger partial charge >= 0.3 is 0 Å². The molecule has 0 atom stereocenters. The molecule has 18 aromatic carbocycles. The van der Waals surface area contributed by atoms with Crippen molar-refractivity contribution in [1.82, 2.24) is 59.8 Å². The average Bonchev–Trinajstić information content (AvgIpc) is 1.64. The highest BCUT2D eigenvalue weighted by atomic mass is 32.1. The Hall–Kier alpha value is -17.4. The van der Waals surface area contributed by atoms with Crippen molar-refractivity contribution in [2.75, 3.05) is 0 Å². The lowest BCUT2D eigenvalue weighted by molar-refractivity contribution is 0.668. The van der Waals surface area contributed by atoms with Gasteiger partial charge < -0.3 is 8.83 Å². The second kappa shape index (κ2) is 30.8. The van der Waals surface area contributed by atoms with E-state index < -0.39 is 0 Å². The standard InChI is InChI=1S/C114H66N12O2S/c1-8-29-67(30-9-1)103-115-104(68-31-10-2-11-32-68)119-111(118-103)78-56-59-83-82-58-55-76(62-91(82)80-45-22-23-46-81(80)92(83)64-78)89-65-94-98(128-97-54-28-51-87(100(94)97)112-121-105(69-33-12-3-13-34-69)116-106(122-112)70-35-14-4-15-36-70)66-90(89)74-43-24-44-77(61-74)110-120-109(73-41-20-7-21-42-73)123-113(126-110)86-50-27-53-96-99(86)93-63-75(57-60-95(93)127-96)79-47-25-48-84-85-49-26-52-88(102(85)129-101(79)84)114-124-107(71-37-16-5-17-38-71)117-108(125-114)72-39-18-6-19-40-72/h1-66H. The van der Waals surface area contributed by atoms with Crippen LogP contribution in [0.2, 0.25) is 0 Å². The number of hydrogen-bond acceptors (Lipinski definition) is 15. The van der Waals surface area contributed by atoms with Crippen molar-refractivity contribution in [3.63, 3.8) is 0 Å². The maximum Gasteiger partial charge on any atom is 0.165 e. The van der Waals surface area contributed by atoms with E-state index in [1.165, 1.54) is 0 Å². The number of rotatable bonds is 15. The lowest BCUT2D eigenvalue weighted by Crippen LogP contribution is -2.00. The summed E-state index contributed by atoms with van der Waals surface area (Å²) in [7, 11) is 0. The quantitative estimate of drug-likeness (QED) is 0.0884. The van der Waals surface area contributed by atoms with Crippen LogP contribution in [0.1, 0.15) is 0 Å². The van der Waals surface area contributed by atoms with Gasteiger partial charge in [-0.05, 0) is 126 Å². The molecule has 7 heterocycles. The van der Waals surface area contributed by atoms with Crippen molar-refractivity contribution in [2.45, 2.75) is 0 Å². The molecule has 0 saturated heterocycles. The van der Waals surface area contributed by atoms with Gasteiger partial charge in [-0.3, -0.25) is 0 Å². The van der Waals surface area contributed by atoms with E-state index in [0.29, 0.717) is 86.6 Å². The summed E-state index contributed by atoms with van der Waals surface area (Å²) in [5.41, 5.74) is 19.1. The second-order valence-electron chi connectivity index (χ2n) is 32.1. The summed E-state index contributed by atoms with van der Waals surface area (Å²) in [6.45, 7) is 0. The molecule has 0 aliphatic rings. The molecular formula is C114H66N12O2S. The van der Waals surface area contributed by atoms with Crippen LogP contribution in [0.25, 0.3) is 266 Å². The molecule has 25 aromatic rings. The third-order valence-corrected chi connectivity index (χ3v) is 25.6. The number of nitrogens with zero attached hydrogens (tertiary/aromatic N) is 12. The zero-order valence-corrected chi connectivity index (χ0v) is 69.5. The Morgan fingerprint density at radius 1 is 0.140 bits per heavy atom. The van der Waals surface area contributed by atoms with Crippen molar-refractivity contribution in [1.29, 1.82) is 0 Å². The van der Waals surface area contributed by atoms with Crippen LogP contribution in [0.4, 0.5) is 0 Å². The molecular weight excluding hydrogens is 1600 g/mol. The Labute approximate surface area is 741 Å². The second-order valence-corrected chi connectivity index (χ2v) is 33.1.